The number of carbonyl (C=O) groups excluding carboxylic acids is 1. The van der Waals surface area contributed by atoms with Gasteiger partial charge in [0.1, 0.15) is 5.75 Å². The van der Waals surface area contributed by atoms with Gasteiger partial charge in [-0.15, -0.1) is 12.6 Å². The Labute approximate surface area is 70.6 Å². The molecule has 0 radical (unpaired) electrons. The van der Waals surface area contributed by atoms with E-state index in [9.17, 15) is 4.79 Å². The summed E-state index contributed by atoms with van der Waals surface area (Å²) in [6, 6.07) is 5.28. The molecular formula is C8H8O2S. The normalized spacial score (nSPS) is 9.27. The summed E-state index contributed by atoms with van der Waals surface area (Å²) in [5.41, 5.74) is 1.06. The number of ether oxygens (including phenoxy) is 1. The molecule has 1 rings (SSSR count). The van der Waals surface area contributed by atoms with Crippen molar-refractivity contribution in [1.29, 1.82) is 0 Å². The van der Waals surface area contributed by atoms with Crippen LogP contribution in [0, 0.1) is 6.92 Å². The Morgan fingerprint density at radius 3 is 2.82 bits per heavy atom. The zero-order valence-electron chi connectivity index (χ0n) is 6.07. The van der Waals surface area contributed by atoms with Crippen LogP contribution in [0.3, 0.4) is 0 Å². The number of hydrogen-bond donors (Lipinski definition) is 1. The summed E-state index contributed by atoms with van der Waals surface area (Å²) in [6.07, 6.45) is 0. The van der Waals surface area contributed by atoms with E-state index in [-0.39, 0.29) is 0 Å². The lowest BCUT2D eigenvalue weighted by Crippen LogP contribution is -1.88. The van der Waals surface area contributed by atoms with Gasteiger partial charge in [-0.3, -0.25) is 4.79 Å². The van der Waals surface area contributed by atoms with Gasteiger partial charge in [-0.25, -0.2) is 0 Å². The molecule has 0 bridgehead atoms. The van der Waals surface area contributed by atoms with Crippen LogP contribution in [-0.2, 0) is 4.79 Å². The fourth-order valence-electron chi connectivity index (χ4n) is 0.718. The summed E-state index contributed by atoms with van der Waals surface area (Å²) in [5, 5.41) is 0. The maximum atomic E-state index is 9.92. The molecule has 0 saturated carbocycles. The van der Waals surface area contributed by atoms with E-state index >= 15 is 0 Å². The van der Waals surface area contributed by atoms with Gasteiger partial charge in [0.05, 0.1) is 0 Å². The van der Waals surface area contributed by atoms with Crippen LogP contribution >= 0.6 is 12.6 Å². The molecule has 0 saturated heterocycles. The maximum Gasteiger partial charge on any atom is 0.298 e. The highest BCUT2D eigenvalue weighted by Gasteiger charge is 1.95. The number of hydrogen-bond acceptors (Lipinski definition) is 3. The van der Waals surface area contributed by atoms with Crippen molar-refractivity contribution < 1.29 is 9.53 Å². The second kappa shape index (κ2) is 3.44. The molecule has 1 aromatic carbocycles. The molecule has 1 aromatic rings. The molecule has 2 nitrogen and oxygen atoms in total. The molecule has 0 amide bonds. The van der Waals surface area contributed by atoms with Gasteiger partial charge in [0.2, 0.25) is 0 Å². The van der Waals surface area contributed by atoms with Gasteiger partial charge >= 0.3 is 0 Å². The van der Waals surface area contributed by atoms with Gasteiger partial charge in [-0.2, -0.15) is 0 Å². The SMILES string of the molecule is Cc1ccc(OC=O)cc1S. The van der Waals surface area contributed by atoms with E-state index in [1.165, 1.54) is 0 Å². The third-order valence-electron chi connectivity index (χ3n) is 1.36. The highest BCUT2D eigenvalue weighted by molar-refractivity contribution is 7.80. The molecule has 0 aliphatic heterocycles. The molecule has 3 heteroatoms. The Kier molecular flexibility index (Phi) is 2.54. The average Bonchev–Trinajstić information content (AvgIpc) is 1.98. The largest absolute Gasteiger partial charge is 0.429 e. The third kappa shape index (κ3) is 1.98. The molecule has 0 spiro atoms. The van der Waals surface area contributed by atoms with Crippen molar-refractivity contribution in [1.82, 2.24) is 0 Å². The molecule has 0 aliphatic carbocycles. The average molecular weight is 168 g/mol. The van der Waals surface area contributed by atoms with E-state index in [0.717, 1.165) is 10.5 Å². The van der Waals surface area contributed by atoms with E-state index in [2.05, 4.69) is 17.4 Å². The van der Waals surface area contributed by atoms with Crippen molar-refractivity contribution in [3.05, 3.63) is 23.8 Å². The molecule has 58 valence electrons. The Bertz CT molecular complexity index is 271. The van der Waals surface area contributed by atoms with Crippen molar-refractivity contribution in [3.63, 3.8) is 0 Å². The van der Waals surface area contributed by atoms with Gasteiger partial charge in [0, 0.05) is 4.90 Å². The summed E-state index contributed by atoms with van der Waals surface area (Å²) >= 11 is 4.16. The monoisotopic (exact) mass is 168 g/mol. The van der Waals surface area contributed by atoms with Crippen molar-refractivity contribution >= 4 is 19.1 Å². The second-order valence-electron chi connectivity index (χ2n) is 2.16. The molecule has 11 heavy (non-hydrogen) atoms. The topological polar surface area (TPSA) is 26.3 Å². The summed E-state index contributed by atoms with van der Waals surface area (Å²) in [7, 11) is 0. The fraction of sp³-hybridized carbons (Fsp3) is 0.125. The minimum absolute atomic E-state index is 0.401. The van der Waals surface area contributed by atoms with Crippen LogP contribution in [0.25, 0.3) is 0 Å². The molecule has 0 aromatic heterocycles. The first-order chi connectivity index (χ1) is 5.24. The summed E-state index contributed by atoms with van der Waals surface area (Å²) in [6.45, 7) is 2.34. The van der Waals surface area contributed by atoms with Crippen molar-refractivity contribution in [2.24, 2.45) is 0 Å². The summed E-state index contributed by atoms with van der Waals surface area (Å²) in [4.78, 5) is 10.7. The molecule has 0 atom stereocenters. The number of thiol groups is 1. The minimum atomic E-state index is 0.401. The van der Waals surface area contributed by atoms with E-state index in [1.807, 2.05) is 13.0 Å². The van der Waals surface area contributed by atoms with E-state index in [0.29, 0.717) is 12.2 Å². The smallest absolute Gasteiger partial charge is 0.298 e. The fourth-order valence-corrected chi connectivity index (χ4v) is 0.920. The maximum absolute atomic E-state index is 9.92. The Hall–Kier alpha value is -0.960. The predicted octanol–water partition coefficient (Wildman–Crippen LogP) is 1.82. The number of benzene rings is 1. The van der Waals surface area contributed by atoms with E-state index in [4.69, 9.17) is 0 Å². The first kappa shape index (κ1) is 8.14. The molecule has 0 unspecified atom stereocenters. The van der Waals surface area contributed by atoms with Crippen LogP contribution in [0.4, 0.5) is 0 Å². The zero-order valence-corrected chi connectivity index (χ0v) is 6.97. The molecule has 0 N–H and O–H groups in total. The van der Waals surface area contributed by atoms with Crippen LogP contribution in [0.1, 0.15) is 5.56 Å². The van der Waals surface area contributed by atoms with E-state index < -0.39 is 0 Å². The molecule has 0 fully saturated rings. The van der Waals surface area contributed by atoms with Crippen LogP contribution in [0.5, 0.6) is 5.75 Å². The van der Waals surface area contributed by atoms with Crippen molar-refractivity contribution in [2.75, 3.05) is 0 Å². The highest BCUT2D eigenvalue weighted by atomic mass is 32.1. The first-order valence-corrected chi connectivity index (χ1v) is 3.58. The lowest BCUT2D eigenvalue weighted by Gasteiger charge is -2.00. The Balaban J connectivity index is 2.95. The number of rotatable bonds is 2. The summed E-state index contributed by atoms with van der Waals surface area (Å²) in [5.74, 6) is 0.524. The second-order valence-corrected chi connectivity index (χ2v) is 2.64. The number of aryl methyl sites for hydroxylation is 1. The third-order valence-corrected chi connectivity index (χ3v) is 1.85. The Morgan fingerprint density at radius 2 is 2.27 bits per heavy atom. The van der Waals surface area contributed by atoms with Crippen LogP contribution in [0.15, 0.2) is 23.1 Å². The van der Waals surface area contributed by atoms with Gasteiger partial charge in [-0.05, 0) is 24.6 Å². The van der Waals surface area contributed by atoms with Crippen LogP contribution in [0.2, 0.25) is 0 Å². The zero-order chi connectivity index (χ0) is 8.27. The highest BCUT2D eigenvalue weighted by Crippen LogP contribution is 2.19. The quantitative estimate of drug-likeness (QED) is 0.538. The van der Waals surface area contributed by atoms with Gasteiger partial charge < -0.3 is 4.74 Å². The molecule has 0 aliphatic rings. The molecule has 0 heterocycles. The van der Waals surface area contributed by atoms with Crippen LogP contribution in [-0.4, -0.2) is 6.47 Å². The number of carbonyl (C=O) groups is 1. The lowest BCUT2D eigenvalue weighted by molar-refractivity contribution is -0.120. The first-order valence-electron chi connectivity index (χ1n) is 3.14. The minimum Gasteiger partial charge on any atom is -0.429 e. The molecular weight excluding hydrogens is 160 g/mol. The Morgan fingerprint density at radius 1 is 1.55 bits per heavy atom. The van der Waals surface area contributed by atoms with Crippen LogP contribution < -0.4 is 4.74 Å². The predicted molar refractivity (Wildman–Crippen MR) is 45.1 cm³/mol. The standard InChI is InChI=1S/C8H8O2S/c1-6-2-3-7(10-5-9)4-8(6)11/h2-5,11H,1H3. The van der Waals surface area contributed by atoms with Gasteiger partial charge in [0.25, 0.3) is 6.47 Å². The van der Waals surface area contributed by atoms with Gasteiger partial charge in [-0.1, -0.05) is 6.07 Å². The lowest BCUT2D eigenvalue weighted by atomic mass is 10.2. The summed E-state index contributed by atoms with van der Waals surface area (Å²) < 4.78 is 4.61. The van der Waals surface area contributed by atoms with Gasteiger partial charge in [0.15, 0.2) is 0 Å². The van der Waals surface area contributed by atoms with E-state index in [1.54, 1.807) is 12.1 Å². The van der Waals surface area contributed by atoms with Crippen molar-refractivity contribution in [3.8, 4) is 5.75 Å². The van der Waals surface area contributed by atoms with Crippen molar-refractivity contribution in [2.45, 2.75) is 11.8 Å².